The molecule has 0 atom stereocenters. The Labute approximate surface area is 762 Å². The Bertz CT molecular complexity index is 3910. The van der Waals surface area contributed by atoms with Crippen LogP contribution in [0.15, 0.2) is 30.3 Å². The van der Waals surface area contributed by atoms with Gasteiger partial charge in [-0.25, -0.2) is 9.59 Å². The molecule has 748 valence electrons. The molecule has 53 heteroatoms. The van der Waals surface area contributed by atoms with Gasteiger partial charge in [0.1, 0.15) is 147 Å². The smallest absolute Gasteiger partial charge is 0.344 e. The van der Waals surface area contributed by atoms with Gasteiger partial charge in [0.05, 0.1) is 19.8 Å². The number of hydroxylamine groups is 4. The van der Waals surface area contributed by atoms with E-state index in [0.717, 1.165) is 5.56 Å². The first-order valence-electron chi connectivity index (χ1n) is 40.3. The van der Waals surface area contributed by atoms with Crippen molar-refractivity contribution >= 4 is 166 Å². The Kier molecular flexibility index (Phi) is 72.2. The van der Waals surface area contributed by atoms with Gasteiger partial charge in [0.15, 0.2) is 0 Å². The molecule has 2 aliphatic rings. The summed E-state index contributed by atoms with van der Waals surface area (Å²) in [7, 11) is 0. The van der Waals surface area contributed by atoms with E-state index in [9.17, 15) is 134 Å². The van der Waals surface area contributed by atoms with Crippen molar-refractivity contribution in [2.24, 2.45) is 0 Å². The van der Waals surface area contributed by atoms with Crippen molar-refractivity contribution in [2.45, 2.75) is 201 Å². The molecule has 1 aromatic rings. The van der Waals surface area contributed by atoms with E-state index in [1.807, 2.05) is 6.07 Å². The molecule has 53 nitrogen and oxygen atoms in total. The van der Waals surface area contributed by atoms with Crippen molar-refractivity contribution in [2.75, 3.05) is 106 Å². The number of carbonyl (C=O) groups excluding carboxylic acids is 26. The van der Waals surface area contributed by atoms with Gasteiger partial charge < -0.3 is 111 Å². The predicted molar refractivity (Wildman–Crippen MR) is 426 cm³/mol. The number of carbonyl (C=O) groups is 28. The van der Waals surface area contributed by atoms with Crippen molar-refractivity contribution in [3.05, 3.63) is 35.9 Å². The molecule has 3 rings (SSSR count). The number of aliphatic hydroxyl groups is 3. The average Bonchev–Trinajstić information content (AvgIpc) is 1.73. The first-order chi connectivity index (χ1) is 63.4. The number of esters is 16. The van der Waals surface area contributed by atoms with Gasteiger partial charge in [-0.2, -0.15) is 0 Å². The molecule has 4 amide bonds. The lowest BCUT2D eigenvalue weighted by Gasteiger charge is -2.12. The van der Waals surface area contributed by atoms with Gasteiger partial charge in [-0.3, -0.25) is 125 Å². The van der Waals surface area contributed by atoms with E-state index < -0.39 is 189 Å². The van der Waals surface area contributed by atoms with Crippen molar-refractivity contribution in [3.8, 4) is 0 Å². The zero-order valence-corrected chi connectivity index (χ0v) is 73.7. The second-order valence-electron chi connectivity index (χ2n) is 26.2. The minimum absolute atomic E-state index is 0.00763. The Morgan fingerprint density at radius 3 is 0.687 bits per heavy atom. The second kappa shape index (κ2) is 78.3. The number of rotatable bonds is 60. The number of nitrogens with zero attached hydrogens (tertiary/aromatic N) is 2. The summed E-state index contributed by atoms with van der Waals surface area (Å²) in [4.78, 5) is 323. The van der Waals surface area contributed by atoms with Crippen LogP contribution >= 0.6 is 0 Å². The summed E-state index contributed by atoms with van der Waals surface area (Å²) in [5.41, 5.74) is 0.771. The highest BCUT2D eigenvalue weighted by Crippen LogP contribution is 2.15. The number of ketones is 4. The van der Waals surface area contributed by atoms with E-state index in [4.69, 9.17) is 87.1 Å². The van der Waals surface area contributed by atoms with Gasteiger partial charge in [-0.05, 0) is 65.4 Å². The molecule has 0 unspecified atom stereocenters. The molecule has 2 aliphatic heterocycles. The molecule has 0 radical (unpaired) electrons. The molecule has 134 heavy (non-hydrogen) atoms. The molecule has 0 aromatic heterocycles. The van der Waals surface area contributed by atoms with Gasteiger partial charge >= 0.3 is 119 Å². The van der Waals surface area contributed by atoms with E-state index in [-0.39, 0.29) is 267 Å². The predicted octanol–water partition coefficient (Wildman–Crippen LogP) is -0.977. The van der Waals surface area contributed by atoms with Crippen LogP contribution in [-0.2, 0) is 226 Å². The minimum Gasteiger partial charge on any atom is -0.481 e. The molecule has 2 saturated heterocycles. The number of benzene rings is 1. The number of carboxylic acids is 2. The highest BCUT2D eigenvalue weighted by atomic mass is 16.7. The Morgan fingerprint density at radius 2 is 0.463 bits per heavy atom. The van der Waals surface area contributed by atoms with Crippen molar-refractivity contribution < 1.29 is 245 Å². The maximum Gasteiger partial charge on any atom is 0.344 e. The molecule has 0 saturated carbocycles. The van der Waals surface area contributed by atoms with Gasteiger partial charge in [0.25, 0.3) is 23.6 Å². The van der Waals surface area contributed by atoms with Crippen LogP contribution in [0, 0.1) is 0 Å². The van der Waals surface area contributed by atoms with Gasteiger partial charge in [-0.15, -0.1) is 10.1 Å². The first-order valence-corrected chi connectivity index (χ1v) is 40.3. The number of aliphatic hydroxyl groups excluding tert-OH is 3. The summed E-state index contributed by atoms with van der Waals surface area (Å²) in [5, 5.41) is 40.2. The monoisotopic (exact) mass is 1920 g/mol. The van der Waals surface area contributed by atoms with E-state index >= 15 is 0 Å². The number of amides is 4. The molecule has 2 heterocycles. The third-order valence-electron chi connectivity index (χ3n) is 14.3. The van der Waals surface area contributed by atoms with Gasteiger partial charge in [-0.1, -0.05) is 30.3 Å². The number of ether oxygens (including phenoxy) is 16. The molecular weight excluding hydrogens is 1820 g/mol. The maximum atomic E-state index is 11.7. The summed E-state index contributed by atoms with van der Waals surface area (Å²) in [5.74, 6) is -20.3. The number of hydrogen-bond acceptors (Lipinski definition) is 49. The lowest BCUT2D eigenvalue weighted by atomic mass is 10.2. The Hall–Kier alpha value is -14.5. The van der Waals surface area contributed by atoms with Crippen LogP contribution in [0.5, 0.6) is 0 Å². The van der Waals surface area contributed by atoms with E-state index in [2.05, 4.69) is 23.9 Å². The third-order valence-corrected chi connectivity index (χ3v) is 14.3. The summed E-state index contributed by atoms with van der Waals surface area (Å²) in [6, 6.07) is 8.92. The largest absolute Gasteiger partial charge is 0.481 e. The third kappa shape index (κ3) is 78.5. The quantitative estimate of drug-likeness (QED) is 0.0131. The first kappa shape index (κ1) is 124. The normalized spacial score (nSPS) is 11.2. The van der Waals surface area contributed by atoms with Gasteiger partial charge in [0.2, 0.25) is 13.6 Å². The average molecular weight is 1930 g/mol. The fourth-order valence-electron chi connectivity index (χ4n) is 8.43. The Morgan fingerprint density at radius 1 is 0.246 bits per heavy atom. The van der Waals surface area contributed by atoms with Crippen LogP contribution in [0.25, 0.3) is 0 Å². The van der Waals surface area contributed by atoms with E-state index in [1.165, 1.54) is 27.7 Å². The number of carboxylic acid groups (broad SMARTS) is 2. The summed E-state index contributed by atoms with van der Waals surface area (Å²) < 4.78 is 75.8. The molecule has 0 spiro atoms. The number of Topliss-reactive ketones (excluding diaryl/α,β-unsaturated/α-hetero) is 4. The molecule has 0 bridgehead atoms. The highest BCUT2D eigenvalue weighted by Gasteiger charge is 2.35. The standard InChI is InChI=1S/C29H34N2O20.C29H36O15.C11H16O7.C6H10O4.C4H6O3.C2H6O2/c32-18-7-8-19(33)30(18)50-28(42)15-26(40)46-13-11-44-22(36)3-1-5-24(38)48-17-49-25(39)6-2-4-23(37)45-12-14-47-27(41)16-29(43)51-31-20(34)9-10-21(31)35;1-21(30)17-27(35)40-15-13-38-23(31)9-5-11-25(33)43-20-44-26(34)12-6-10-24(32)39-14-16-41-28(36)18-29(37)42-19-22-7-3-2-4-8-22;1-8(12)7-11(16)18-6-5-17-10(15)4-2-3-9(13)14;1-5(8)4-6(9)10-3-2-7;1-3(5)2-4(6)7;3-1-2-4/h1-17H2;2-4,7-8H,5-6,9-20H2,1H3;2-7H2,1H3,(H,13,14);7H,2-4H2,1H3;2H2,1H3,(H,6,7);3-4H,1-2H2. The summed E-state index contributed by atoms with van der Waals surface area (Å²) in [6.45, 7) is 0.648. The zero-order chi connectivity index (χ0) is 102. The van der Waals surface area contributed by atoms with Crippen molar-refractivity contribution in [1.29, 1.82) is 0 Å². The second-order valence-corrected chi connectivity index (χ2v) is 26.2. The number of aliphatic carboxylic acids is 2. The SMILES string of the molecule is CC(=O)CC(=O)O.CC(=O)CC(=O)OCCO.CC(=O)CC(=O)OCCOC(=O)CCCC(=O)O.CC(=O)CC(=O)OCCOC(=O)CCCC(=O)OCOC(=O)CCCC(=O)OCCOC(=O)CC(=O)OCc1ccccc1.O=C(CCCC(=O)OCOC(=O)CCCC(=O)OCCOC(=O)CC(=O)ON1C(=O)CCC1=O)OCCOC(=O)CC(=O)ON1C(=O)CCC1=O.OCCO. The Balaban J connectivity index is -0.00000184. The molecule has 0 aliphatic carbocycles. The van der Waals surface area contributed by atoms with E-state index in [0.29, 0.717) is 0 Å². The van der Waals surface area contributed by atoms with E-state index in [1.54, 1.807) is 24.3 Å². The highest BCUT2D eigenvalue weighted by molar-refractivity contribution is 6.04. The maximum absolute atomic E-state index is 11.7. The van der Waals surface area contributed by atoms with Crippen molar-refractivity contribution in [3.63, 3.8) is 0 Å². The zero-order valence-electron chi connectivity index (χ0n) is 73.7. The molecular formula is C81H108N2O51. The van der Waals surface area contributed by atoms with Crippen LogP contribution in [0.2, 0.25) is 0 Å². The van der Waals surface area contributed by atoms with Crippen LogP contribution in [0.1, 0.15) is 200 Å². The molecule has 1 aromatic carbocycles. The van der Waals surface area contributed by atoms with Crippen LogP contribution < -0.4 is 0 Å². The lowest BCUT2D eigenvalue weighted by molar-refractivity contribution is -0.198. The fourth-order valence-corrected chi connectivity index (χ4v) is 8.43. The number of imide groups is 2. The lowest BCUT2D eigenvalue weighted by Crippen LogP contribution is -2.33. The summed E-state index contributed by atoms with van der Waals surface area (Å²) >= 11 is 0. The topological polar surface area (TPSA) is 752 Å². The van der Waals surface area contributed by atoms with Crippen LogP contribution in [-0.4, -0.2) is 308 Å². The summed E-state index contributed by atoms with van der Waals surface area (Å²) in [6.07, 6.45) is -5.03. The molecule has 5 N–H and O–H groups in total. The minimum atomic E-state index is -1.18. The van der Waals surface area contributed by atoms with Gasteiger partial charge in [0, 0.05) is 89.9 Å². The van der Waals surface area contributed by atoms with Crippen molar-refractivity contribution in [1.82, 2.24) is 10.1 Å². The molecule has 2 fully saturated rings. The van der Waals surface area contributed by atoms with Crippen LogP contribution in [0.3, 0.4) is 0 Å². The number of hydrogen-bond donors (Lipinski definition) is 5. The van der Waals surface area contributed by atoms with Crippen LogP contribution in [0.4, 0.5) is 0 Å². The fraction of sp³-hybridized carbons (Fsp3) is 0.580.